The number of fused-ring (bicyclic) bond motifs is 1. The molecule has 2 heterocycles. The number of aromatic nitrogens is 3. The highest BCUT2D eigenvalue weighted by atomic mass is 32.1. The minimum Gasteiger partial charge on any atom is -0.279 e. The first-order chi connectivity index (χ1) is 7.75. The molecule has 0 saturated heterocycles. The van der Waals surface area contributed by atoms with Crippen LogP contribution >= 0.6 is 23.6 Å². The SMILES string of the molecule is Cn1[nH]c(-c2csc3ccccc23)nc1=S. The van der Waals surface area contributed by atoms with Crippen LogP contribution < -0.4 is 0 Å². The zero-order chi connectivity index (χ0) is 11.1. The van der Waals surface area contributed by atoms with E-state index in [0.29, 0.717) is 4.77 Å². The molecule has 0 amide bonds. The molecule has 0 aliphatic rings. The fourth-order valence-corrected chi connectivity index (χ4v) is 2.77. The average molecular weight is 247 g/mol. The number of thiophene rings is 1. The third-order valence-corrected chi connectivity index (χ3v) is 3.83. The van der Waals surface area contributed by atoms with Crippen LogP contribution in [0.3, 0.4) is 0 Å². The zero-order valence-electron chi connectivity index (χ0n) is 8.60. The lowest BCUT2D eigenvalue weighted by molar-refractivity contribution is 0.756. The normalized spacial score (nSPS) is 11.1. The predicted octanol–water partition coefficient (Wildman–Crippen LogP) is 3.36. The topological polar surface area (TPSA) is 33.6 Å². The van der Waals surface area contributed by atoms with Gasteiger partial charge < -0.3 is 0 Å². The van der Waals surface area contributed by atoms with E-state index < -0.39 is 0 Å². The second-order valence-corrected chi connectivity index (χ2v) is 4.84. The largest absolute Gasteiger partial charge is 0.279 e. The molecule has 0 fully saturated rings. The molecule has 0 saturated carbocycles. The molecule has 0 spiro atoms. The number of H-pyrrole nitrogens is 1. The van der Waals surface area contributed by atoms with Crippen LogP contribution in [0.25, 0.3) is 21.5 Å². The first kappa shape index (κ1) is 9.74. The van der Waals surface area contributed by atoms with Crippen LogP contribution in [0.1, 0.15) is 0 Å². The summed E-state index contributed by atoms with van der Waals surface area (Å²) in [6.45, 7) is 0. The number of nitrogens with one attached hydrogen (secondary N) is 1. The number of hydrogen-bond donors (Lipinski definition) is 1. The van der Waals surface area contributed by atoms with E-state index in [1.54, 1.807) is 16.0 Å². The summed E-state index contributed by atoms with van der Waals surface area (Å²) in [5, 5.41) is 6.48. The van der Waals surface area contributed by atoms with E-state index in [2.05, 4.69) is 27.6 Å². The smallest absolute Gasteiger partial charge is 0.216 e. The molecule has 2 aromatic heterocycles. The van der Waals surface area contributed by atoms with Crippen LogP contribution in [0, 0.1) is 4.77 Å². The average Bonchev–Trinajstić information content (AvgIpc) is 2.83. The van der Waals surface area contributed by atoms with Gasteiger partial charge in [0.2, 0.25) is 4.77 Å². The second kappa shape index (κ2) is 3.54. The highest BCUT2D eigenvalue weighted by molar-refractivity contribution is 7.71. The number of rotatable bonds is 1. The van der Waals surface area contributed by atoms with E-state index >= 15 is 0 Å². The molecule has 0 atom stereocenters. The Morgan fingerprint density at radius 3 is 2.94 bits per heavy atom. The van der Waals surface area contributed by atoms with Crippen LogP contribution in [0.5, 0.6) is 0 Å². The first-order valence-corrected chi connectivity index (χ1v) is 6.14. The number of nitrogens with zero attached hydrogens (tertiary/aromatic N) is 2. The predicted molar refractivity (Wildman–Crippen MR) is 69.2 cm³/mol. The Balaban J connectivity index is 2.30. The van der Waals surface area contributed by atoms with Crippen molar-refractivity contribution in [3.8, 4) is 11.4 Å². The number of benzene rings is 1. The maximum atomic E-state index is 5.09. The summed E-state index contributed by atoms with van der Waals surface area (Å²) in [4.78, 5) is 4.33. The van der Waals surface area contributed by atoms with Crippen molar-refractivity contribution in [3.63, 3.8) is 0 Å². The minimum atomic E-state index is 0.574. The van der Waals surface area contributed by atoms with Crippen molar-refractivity contribution in [1.29, 1.82) is 0 Å². The number of aromatic amines is 1. The standard InChI is InChI=1S/C11H9N3S2/c1-14-11(15)12-10(13-14)8-6-16-9-5-3-2-4-7(8)9/h2-6H,1H3,(H,12,13,15). The molecule has 0 bridgehead atoms. The van der Waals surface area contributed by atoms with E-state index in [4.69, 9.17) is 12.2 Å². The summed E-state index contributed by atoms with van der Waals surface area (Å²) in [6.07, 6.45) is 0. The molecule has 5 heteroatoms. The molecule has 3 rings (SSSR count). The molecule has 80 valence electrons. The fraction of sp³-hybridized carbons (Fsp3) is 0.0909. The van der Waals surface area contributed by atoms with Crippen LogP contribution in [0.4, 0.5) is 0 Å². The summed E-state index contributed by atoms with van der Waals surface area (Å²) in [7, 11) is 1.87. The van der Waals surface area contributed by atoms with Gasteiger partial charge in [0.25, 0.3) is 0 Å². The molecule has 0 radical (unpaired) electrons. The van der Waals surface area contributed by atoms with Crippen molar-refractivity contribution in [3.05, 3.63) is 34.4 Å². The van der Waals surface area contributed by atoms with Crippen molar-refractivity contribution in [2.45, 2.75) is 0 Å². The minimum absolute atomic E-state index is 0.574. The maximum Gasteiger partial charge on any atom is 0.216 e. The molecule has 1 aromatic carbocycles. The van der Waals surface area contributed by atoms with Crippen LogP contribution in [-0.4, -0.2) is 14.8 Å². The highest BCUT2D eigenvalue weighted by Crippen LogP contribution is 2.31. The highest BCUT2D eigenvalue weighted by Gasteiger charge is 2.08. The van der Waals surface area contributed by atoms with Gasteiger partial charge in [0.05, 0.1) is 0 Å². The van der Waals surface area contributed by atoms with Gasteiger partial charge in [-0.2, -0.15) is 4.98 Å². The van der Waals surface area contributed by atoms with Crippen molar-refractivity contribution in [2.75, 3.05) is 0 Å². The molecule has 0 aliphatic carbocycles. The lowest BCUT2D eigenvalue weighted by Gasteiger charge is -1.93. The second-order valence-electron chi connectivity index (χ2n) is 3.56. The van der Waals surface area contributed by atoms with Gasteiger partial charge in [-0.05, 0) is 18.3 Å². The van der Waals surface area contributed by atoms with E-state index in [0.717, 1.165) is 11.4 Å². The van der Waals surface area contributed by atoms with E-state index in [1.807, 2.05) is 19.2 Å². The molecule has 0 aliphatic heterocycles. The lowest BCUT2D eigenvalue weighted by Crippen LogP contribution is -1.89. The molecule has 16 heavy (non-hydrogen) atoms. The Kier molecular flexibility index (Phi) is 2.15. The molecular weight excluding hydrogens is 238 g/mol. The van der Waals surface area contributed by atoms with Crippen molar-refractivity contribution >= 4 is 33.6 Å². The molecule has 3 nitrogen and oxygen atoms in total. The van der Waals surface area contributed by atoms with Crippen molar-refractivity contribution in [1.82, 2.24) is 14.8 Å². The molecule has 1 N–H and O–H groups in total. The Bertz CT molecular complexity index is 705. The summed E-state index contributed by atoms with van der Waals surface area (Å²) < 4.78 is 3.59. The van der Waals surface area contributed by atoms with Crippen molar-refractivity contribution < 1.29 is 0 Å². The van der Waals surface area contributed by atoms with Crippen LogP contribution in [0.15, 0.2) is 29.6 Å². The monoisotopic (exact) mass is 247 g/mol. The molecule has 3 aromatic rings. The maximum absolute atomic E-state index is 5.09. The quantitative estimate of drug-likeness (QED) is 0.669. The Labute approximate surface area is 101 Å². The summed E-state index contributed by atoms with van der Waals surface area (Å²) in [5.41, 5.74) is 1.12. The summed E-state index contributed by atoms with van der Waals surface area (Å²) >= 11 is 6.82. The Hall–Kier alpha value is -1.46. The van der Waals surface area contributed by atoms with Gasteiger partial charge in [0.15, 0.2) is 5.82 Å². The van der Waals surface area contributed by atoms with Gasteiger partial charge in [-0.1, -0.05) is 18.2 Å². The van der Waals surface area contributed by atoms with Crippen LogP contribution in [0.2, 0.25) is 0 Å². The van der Waals surface area contributed by atoms with Gasteiger partial charge >= 0.3 is 0 Å². The van der Waals surface area contributed by atoms with Gasteiger partial charge in [0, 0.05) is 28.1 Å². The Morgan fingerprint density at radius 2 is 2.19 bits per heavy atom. The molecular formula is C11H9N3S2. The van der Waals surface area contributed by atoms with E-state index in [-0.39, 0.29) is 0 Å². The van der Waals surface area contributed by atoms with Gasteiger partial charge in [-0.15, -0.1) is 11.3 Å². The van der Waals surface area contributed by atoms with Crippen LogP contribution in [-0.2, 0) is 7.05 Å². The van der Waals surface area contributed by atoms with Gasteiger partial charge in [-0.25, -0.2) is 0 Å². The van der Waals surface area contributed by atoms with E-state index in [9.17, 15) is 0 Å². The van der Waals surface area contributed by atoms with Crippen molar-refractivity contribution in [2.24, 2.45) is 7.05 Å². The number of aryl methyl sites for hydroxylation is 1. The lowest BCUT2D eigenvalue weighted by atomic mass is 10.2. The first-order valence-electron chi connectivity index (χ1n) is 4.85. The fourth-order valence-electron chi connectivity index (χ4n) is 1.68. The van der Waals surface area contributed by atoms with Gasteiger partial charge in [0.1, 0.15) is 0 Å². The number of hydrogen-bond acceptors (Lipinski definition) is 3. The zero-order valence-corrected chi connectivity index (χ0v) is 10.2. The third-order valence-electron chi connectivity index (χ3n) is 2.50. The molecule has 0 unspecified atom stereocenters. The van der Waals surface area contributed by atoms with E-state index in [1.165, 1.54) is 10.1 Å². The van der Waals surface area contributed by atoms with Gasteiger partial charge in [-0.3, -0.25) is 9.78 Å². The summed E-state index contributed by atoms with van der Waals surface area (Å²) in [5.74, 6) is 0.838. The Morgan fingerprint density at radius 1 is 1.38 bits per heavy atom. The summed E-state index contributed by atoms with van der Waals surface area (Å²) in [6, 6.07) is 8.30. The third kappa shape index (κ3) is 1.40.